The Morgan fingerprint density at radius 3 is 2.65 bits per heavy atom. The predicted octanol–water partition coefficient (Wildman–Crippen LogP) is 0.728. The molecule has 1 aromatic rings. The summed E-state index contributed by atoms with van der Waals surface area (Å²) in [6.45, 7) is 2.74. The number of primary sulfonamides is 1. The van der Waals surface area contributed by atoms with Crippen molar-refractivity contribution in [1.29, 1.82) is 0 Å². The van der Waals surface area contributed by atoms with E-state index in [1.165, 1.54) is 25.3 Å². The lowest BCUT2D eigenvalue weighted by atomic mass is 10.2. The number of hydrogen-bond acceptors (Lipinski definition) is 4. The number of rotatable bonds is 5. The van der Waals surface area contributed by atoms with Gasteiger partial charge in [-0.3, -0.25) is 4.79 Å². The number of sulfonamides is 1. The summed E-state index contributed by atoms with van der Waals surface area (Å²) >= 11 is 0. The van der Waals surface area contributed by atoms with E-state index in [9.17, 15) is 13.2 Å². The lowest BCUT2D eigenvalue weighted by molar-refractivity contribution is 0.0951. The van der Waals surface area contributed by atoms with E-state index in [0.717, 1.165) is 6.42 Å². The Morgan fingerprint density at radius 1 is 1.50 bits per heavy atom. The fraction of sp³-hybridized carbons (Fsp3) is 0.462. The molecule has 0 aliphatic heterocycles. The average molecular weight is 298 g/mol. The van der Waals surface area contributed by atoms with E-state index in [0.29, 0.717) is 18.4 Å². The van der Waals surface area contributed by atoms with Crippen LogP contribution in [0, 0.1) is 11.8 Å². The molecule has 0 radical (unpaired) electrons. The molecular weight excluding hydrogens is 280 g/mol. The molecule has 1 aliphatic rings. The largest absolute Gasteiger partial charge is 0.495 e. The molecule has 110 valence electrons. The SMILES string of the molecule is COc1ccc(C(=O)NCC2CC2C)cc1S(N)(=O)=O. The summed E-state index contributed by atoms with van der Waals surface area (Å²) in [4.78, 5) is 11.8. The molecule has 0 saturated heterocycles. The Labute approximate surface area is 118 Å². The number of benzene rings is 1. The van der Waals surface area contributed by atoms with E-state index in [4.69, 9.17) is 9.88 Å². The molecule has 0 heterocycles. The van der Waals surface area contributed by atoms with Crippen LogP contribution in [0.2, 0.25) is 0 Å². The van der Waals surface area contributed by atoms with Gasteiger partial charge in [0, 0.05) is 12.1 Å². The lowest BCUT2D eigenvalue weighted by Gasteiger charge is -2.09. The molecule has 1 aliphatic carbocycles. The van der Waals surface area contributed by atoms with Gasteiger partial charge in [-0.05, 0) is 36.5 Å². The van der Waals surface area contributed by atoms with E-state index in [2.05, 4.69) is 12.2 Å². The van der Waals surface area contributed by atoms with Gasteiger partial charge < -0.3 is 10.1 Å². The standard InChI is InChI=1S/C13H18N2O4S/c1-8-5-10(8)7-15-13(16)9-3-4-11(19-2)12(6-9)20(14,17)18/h3-4,6,8,10H,5,7H2,1-2H3,(H,15,16)(H2,14,17,18). The second-order valence-electron chi connectivity index (χ2n) is 5.09. The molecular formula is C13H18N2O4S. The normalized spacial score (nSPS) is 21.4. The fourth-order valence-electron chi connectivity index (χ4n) is 2.05. The molecule has 20 heavy (non-hydrogen) atoms. The Bertz CT molecular complexity index is 627. The van der Waals surface area contributed by atoms with Gasteiger partial charge in [0.15, 0.2) is 0 Å². The van der Waals surface area contributed by atoms with Crippen molar-refractivity contribution in [2.45, 2.75) is 18.2 Å². The van der Waals surface area contributed by atoms with E-state index in [-0.39, 0.29) is 22.1 Å². The van der Waals surface area contributed by atoms with Crippen molar-refractivity contribution in [3.63, 3.8) is 0 Å². The number of methoxy groups -OCH3 is 1. The number of carbonyl (C=O) groups is 1. The highest BCUT2D eigenvalue weighted by atomic mass is 32.2. The summed E-state index contributed by atoms with van der Waals surface area (Å²) in [5.41, 5.74) is 0.253. The zero-order valence-electron chi connectivity index (χ0n) is 11.4. The minimum atomic E-state index is -3.93. The Hall–Kier alpha value is -1.60. The van der Waals surface area contributed by atoms with Gasteiger partial charge in [0.1, 0.15) is 10.6 Å². The van der Waals surface area contributed by atoms with Crippen LogP contribution < -0.4 is 15.2 Å². The van der Waals surface area contributed by atoms with Gasteiger partial charge in [0.2, 0.25) is 10.0 Å². The monoisotopic (exact) mass is 298 g/mol. The molecule has 1 saturated carbocycles. The van der Waals surface area contributed by atoms with Crippen LogP contribution in [0.1, 0.15) is 23.7 Å². The summed E-state index contributed by atoms with van der Waals surface area (Å²) in [6, 6.07) is 4.17. The third kappa shape index (κ3) is 3.29. The van der Waals surface area contributed by atoms with Crippen LogP contribution in [-0.2, 0) is 10.0 Å². The van der Waals surface area contributed by atoms with Crippen LogP contribution in [-0.4, -0.2) is 28.0 Å². The van der Waals surface area contributed by atoms with Crippen molar-refractivity contribution >= 4 is 15.9 Å². The van der Waals surface area contributed by atoms with Crippen LogP contribution in [0.15, 0.2) is 23.1 Å². The van der Waals surface area contributed by atoms with Crippen LogP contribution >= 0.6 is 0 Å². The molecule has 6 nitrogen and oxygen atoms in total. The number of carbonyl (C=O) groups excluding carboxylic acids is 1. The van der Waals surface area contributed by atoms with Gasteiger partial charge in [-0.15, -0.1) is 0 Å². The van der Waals surface area contributed by atoms with Gasteiger partial charge >= 0.3 is 0 Å². The summed E-state index contributed by atoms with van der Waals surface area (Å²) in [6.07, 6.45) is 1.12. The smallest absolute Gasteiger partial charge is 0.251 e. The topological polar surface area (TPSA) is 98.5 Å². The quantitative estimate of drug-likeness (QED) is 0.837. The summed E-state index contributed by atoms with van der Waals surface area (Å²) in [5.74, 6) is 0.984. The van der Waals surface area contributed by atoms with Crippen molar-refractivity contribution in [2.24, 2.45) is 17.0 Å². The minimum absolute atomic E-state index is 0.125. The molecule has 0 aromatic heterocycles. The second-order valence-corrected chi connectivity index (χ2v) is 6.62. The van der Waals surface area contributed by atoms with Gasteiger partial charge in [-0.2, -0.15) is 0 Å². The predicted molar refractivity (Wildman–Crippen MR) is 74.0 cm³/mol. The maximum Gasteiger partial charge on any atom is 0.251 e. The van der Waals surface area contributed by atoms with Gasteiger partial charge in [-0.25, -0.2) is 13.6 Å². The van der Waals surface area contributed by atoms with Crippen LogP contribution in [0.3, 0.4) is 0 Å². The number of nitrogens with two attached hydrogens (primary N) is 1. The number of ether oxygens (including phenoxy) is 1. The van der Waals surface area contributed by atoms with Crippen LogP contribution in [0.5, 0.6) is 5.75 Å². The van der Waals surface area contributed by atoms with Gasteiger partial charge in [0.05, 0.1) is 7.11 Å². The molecule has 0 spiro atoms. The minimum Gasteiger partial charge on any atom is -0.495 e. The Balaban J connectivity index is 2.17. The molecule has 2 unspecified atom stereocenters. The molecule has 2 rings (SSSR count). The summed E-state index contributed by atoms with van der Waals surface area (Å²) < 4.78 is 27.9. The second kappa shape index (κ2) is 5.41. The third-order valence-electron chi connectivity index (χ3n) is 3.53. The molecule has 1 aromatic carbocycles. The lowest BCUT2D eigenvalue weighted by Crippen LogP contribution is -2.26. The highest BCUT2D eigenvalue weighted by Gasteiger charge is 2.32. The zero-order chi connectivity index (χ0) is 14.9. The first-order valence-electron chi connectivity index (χ1n) is 6.32. The molecule has 2 atom stereocenters. The van der Waals surface area contributed by atoms with Crippen molar-refractivity contribution in [2.75, 3.05) is 13.7 Å². The first-order valence-corrected chi connectivity index (χ1v) is 7.86. The van der Waals surface area contributed by atoms with E-state index < -0.39 is 10.0 Å². The van der Waals surface area contributed by atoms with E-state index in [1.54, 1.807) is 0 Å². The molecule has 0 bridgehead atoms. The zero-order valence-corrected chi connectivity index (χ0v) is 12.2. The van der Waals surface area contributed by atoms with E-state index in [1.807, 2.05) is 0 Å². The molecule has 1 amide bonds. The number of amides is 1. The van der Waals surface area contributed by atoms with Crippen LogP contribution in [0.4, 0.5) is 0 Å². The van der Waals surface area contributed by atoms with Crippen molar-refractivity contribution < 1.29 is 17.9 Å². The highest BCUT2D eigenvalue weighted by molar-refractivity contribution is 7.89. The molecule has 3 N–H and O–H groups in total. The van der Waals surface area contributed by atoms with Gasteiger partial charge in [-0.1, -0.05) is 6.92 Å². The highest BCUT2D eigenvalue weighted by Crippen LogP contribution is 2.36. The Morgan fingerprint density at radius 2 is 2.15 bits per heavy atom. The van der Waals surface area contributed by atoms with Crippen LogP contribution in [0.25, 0.3) is 0 Å². The van der Waals surface area contributed by atoms with Crippen molar-refractivity contribution in [3.05, 3.63) is 23.8 Å². The molecule has 7 heteroatoms. The Kier molecular flexibility index (Phi) is 4.01. The van der Waals surface area contributed by atoms with Crippen molar-refractivity contribution in [1.82, 2.24) is 5.32 Å². The molecule has 1 fully saturated rings. The summed E-state index contributed by atoms with van der Waals surface area (Å²) in [7, 11) is -2.59. The maximum atomic E-state index is 12.0. The summed E-state index contributed by atoms with van der Waals surface area (Å²) in [5, 5.41) is 7.91. The first-order chi connectivity index (χ1) is 9.32. The maximum absolute atomic E-state index is 12.0. The fourth-order valence-corrected chi connectivity index (χ4v) is 2.77. The number of hydrogen-bond donors (Lipinski definition) is 2. The van der Waals surface area contributed by atoms with Gasteiger partial charge in [0.25, 0.3) is 5.91 Å². The first kappa shape index (κ1) is 14.8. The average Bonchev–Trinajstić information content (AvgIpc) is 3.10. The van der Waals surface area contributed by atoms with Crippen molar-refractivity contribution in [3.8, 4) is 5.75 Å². The number of nitrogens with one attached hydrogen (secondary N) is 1. The van der Waals surface area contributed by atoms with E-state index >= 15 is 0 Å². The third-order valence-corrected chi connectivity index (χ3v) is 4.47.